The van der Waals surface area contributed by atoms with E-state index in [9.17, 15) is 0 Å². The first-order valence-corrected chi connectivity index (χ1v) is 6.59. The number of hydrogen-bond acceptors (Lipinski definition) is 2. The predicted molar refractivity (Wildman–Crippen MR) is 81.0 cm³/mol. The summed E-state index contributed by atoms with van der Waals surface area (Å²) in [5, 5.41) is 0. The number of benzene rings is 1. The summed E-state index contributed by atoms with van der Waals surface area (Å²) in [6.07, 6.45) is 0.916. The van der Waals surface area contributed by atoms with Gasteiger partial charge in [0.1, 0.15) is 5.75 Å². The maximum atomic E-state index is 5.67. The molecule has 0 saturated carbocycles. The van der Waals surface area contributed by atoms with Crippen LogP contribution < -0.4 is 4.74 Å². The Morgan fingerprint density at radius 1 is 1.05 bits per heavy atom. The van der Waals surface area contributed by atoms with Crippen molar-refractivity contribution in [1.82, 2.24) is 9.80 Å². The average Bonchev–Trinajstić information content (AvgIpc) is 2.34. The first kappa shape index (κ1) is 15.3. The lowest BCUT2D eigenvalue weighted by Crippen LogP contribution is -2.35. The topological polar surface area (TPSA) is 28.1 Å². The van der Waals surface area contributed by atoms with Crippen LogP contribution in [-0.4, -0.2) is 57.1 Å². The molecule has 19 heavy (non-hydrogen) atoms. The number of hydrogen-bond donors (Lipinski definition) is 0. The molecule has 0 atom stereocenters. The van der Waals surface area contributed by atoms with Crippen LogP contribution >= 0.6 is 0 Å². The van der Waals surface area contributed by atoms with E-state index in [1.54, 1.807) is 0 Å². The summed E-state index contributed by atoms with van der Waals surface area (Å²) in [4.78, 5) is 8.59. The van der Waals surface area contributed by atoms with Crippen molar-refractivity contribution in [2.45, 2.75) is 13.3 Å². The van der Waals surface area contributed by atoms with Gasteiger partial charge in [-0.25, -0.2) is 0 Å². The molecule has 0 aliphatic rings. The van der Waals surface area contributed by atoms with Crippen molar-refractivity contribution in [3.05, 3.63) is 29.8 Å². The van der Waals surface area contributed by atoms with Crippen LogP contribution in [-0.2, 0) is 0 Å². The van der Waals surface area contributed by atoms with Crippen LogP contribution in [0.5, 0.6) is 5.75 Å². The van der Waals surface area contributed by atoms with E-state index in [-0.39, 0.29) is 0 Å². The monoisotopic (exact) mass is 263 g/mol. The molecule has 0 N–H and O–H groups in total. The van der Waals surface area contributed by atoms with Crippen molar-refractivity contribution in [2.24, 2.45) is 4.99 Å². The summed E-state index contributed by atoms with van der Waals surface area (Å²) in [7, 11) is 8.01. The zero-order valence-corrected chi connectivity index (χ0v) is 12.7. The summed E-state index contributed by atoms with van der Waals surface area (Å²) >= 11 is 0. The van der Waals surface area contributed by atoms with E-state index >= 15 is 0 Å². The van der Waals surface area contributed by atoms with E-state index in [4.69, 9.17) is 4.74 Å². The molecule has 0 heterocycles. The van der Waals surface area contributed by atoms with Gasteiger partial charge in [-0.3, -0.25) is 4.99 Å². The van der Waals surface area contributed by atoms with Gasteiger partial charge in [-0.05, 0) is 19.1 Å². The Morgan fingerprint density at radius 2 is 1.63 bits per heavy atom. The van der Waals surface area contributed by atoms with Gasteiger partial charge in [-0.15, -0.1) is 0 Å². The Hall–Kier alpha value is -1.71. The van der Waals surface area contributed by atoms with Crippen molar-refractivity contribution in [2.75, 3.05) is 41.3 Å². The van der Waals surface area contributed by atoms with Crippen molar-refractivity contribution < 1.29 is 4.74 Å². The summed E-state index contributed by atoms with van der Waals surface area (Å²) in [5.74, 6) is 1.91. The largest absolute Gasteiger partial charge is 0.494 e. The van der Waals surface area contributed by atoms with Gasteiger partial charge in [0, 0.05) is 41.2 Å². The van der Waals surface area contributed by atoms with Crippen LogP contribution in [0.3, 0.4) is 0 Å². The van der Waals surface area contributed by atoms with E-state index < -0.39 is 0 Å². The fourth-order valence-corrected chi connectivity index (χ4v) is 1.75. The molecular weight excluding hydrogens is 238 g/mol. The molecule has 0 radical (unpaired) electrons. The van der Waals surface area contributed by atoms with E-state index in [0.717, 1.165) is 24.7 Å². The van der Waals surface area contributed by atoms with Crippen molar-refractivity contribution >= 4 is 5.96 Å². The van der Waals surface area contributed by atoms with Crippen LogP contribution in [0.25, 0.3) is 0 Å². The molecular formula is C15H25N3O. The minimum atomic E-state index is 0.695. The first-order valence-electron chi connectivity index (χ1n) is 6.59. The summed E-state index contributed by atoms with van der Waals surface area (Å²) in [6.45, 7) is 3.54. The maximum Gasteiger partial charge on any atom is 0.195 e. The van der Waals surface area contributed by atoms with Crippen molar-refractivity contribution in [3.8, 4) is 5.75 Å². The number of aliphatic imine (C=N–C) groups is 1. The van der Waals surface area contributed by atoms with Crippen LogP contribution in [0.15, 0.2) is 29.3 Å². The number of ether oxygens (including phenoxy) is 1. The summed E-state index contributed by atoms with van der Waals surface area (Å²) in [5.41, 5.74) is 1.25. The van der Waals surface area contributed by atoms with Gasteiger partial charge in [0.25, 0.3) is 0 Å². The van der Waals surface area contributed by atoms with Gasteiger partial charge >= 0.3 is 0 Å². The Kier molecular flexibility index (Phi) is 6.19. The van der Waals surface area contributed by atoms with Crippen molar-refractivity contribution in [1.29, 1.82) is 0 Å². The van der Waals surface area contributed by atoms with E-state index in [2.05, 4.69) is 24.0 Å². The molecule has 0 aliphatic heterocycles. The van der Waals surface area contributed by atoms with E-state index in [0.29, 0.717) is 6.61 Å². The van der Waals surface area contributed by atoms with Crippen LogP contribution in [0.2, 0.25) is 0 Å². The molecule has 4 nitrogen and oxygen atoms in total. The standard InChI is InChI=1S/C15H25N3O/c1-13-7-9-14(10-8-13)19-12-6-11-16-15(17(2)3)18(4)5/h7-10H,6,11-12H2,1-5H3. The van der Waals surface area contributed by atoms with Gasteiger partial charge in [-0.2, -0.15) is 0 Å². The highest BCUT2D eigenvalue weighted by Crippen LogP contribution is 2.11. The molecule has 4 heteroatoms. The molecule has 1 aromatic carbocycles. The molecule has 1 aromatic rings. The Morgan fingerprint density at radius 3 is 2.16 bits per heavy atom. The van der Waals surface area contributed by atoms with Gasteiger partial charge in [-0.1, -0.05) is 17.7 Å². The lowest BCUT2D eigenvalue weighted by atomic mass is 10.2. The van der Waals surface area contributed by atoms with Crippen molar-refractivity contribution in [3.63, 3.8) is 0 Å². The SMILES string of the molecule is Cc1ccc(OCCCN=C(N(C)C)N(C)C)cc1. The minimum Gasteiger partial charge on any atom is -0.494 e. The highest BCUT2D eigenvalue weighted by Gasteiger charge is 2.02. The fourth-order valence-electron chi connectivity index (χ4n) is 1.75. The third-order valence-electron chi connectivity index (χ3n) is 2.65. The molecule has 1 rings (SSSR count). The molecule has 0 fully saturated rings. The number of rotatable bonds is 5. The maximum absolute atomic E-state index is 5.67. The predicted octanol–water partition coefficient (Wildman–Crippen LogP) is 2.24. The molecule has 0 unspecified atom stereocenters. The molecule has 0 bridgehead atoms. The smallest absolute Gasteiger partial charge is 0.195 e. The second kappa shape index (κ2) is 7.67. The second-order valence-corrected chi connectivity index (χ2v) is 4.99. The first-order chi connectivity index (χ1) is 9.00. The number of nitrogens with zero attached hydrogens (tertiary/aromatic N) is 3. The highest BCUT2D eigenvalue weighted by molar-refractivity contribution is 5.79. The third-order valence-corrected chi connectivity index (χ3v) is 2.65. The summed E-state index contributed by atoms with van der Waals surface area (Å²) in [6, 6.07) is 8.13. The molecule has 0 saturated heterocycles. The average molecular weight is 263 g/mol. The number of guanidine groups is 1. The number of aryl methyl sites for hydroxylation is 1. The Labute approximate surface area is 116 Å². The quantitative estimate of drug-likeness (QED) is 0.463. The van der Waals surface area contributed by atoms with E-state index in [1.165, 1.54) is 5.56 Å². The Bertz CT molecular complexity index is 386. The van der Waals surface area contributed by atoms with Crippen LogP contribution in [0.4, 0.5) is 0 Å². The van der Waals surface area contributed by atoms with Gasteiger partial charge in [0.05, 0.1) is 6.61 Å². The molecule has 0 aliphatic carbocycles. The zero-order chi connectivity index (χ0) is 14.3. The lowest BCUT2D eigenvalue weighted by molar-refractivity contribution is 0.313. The fraction of sp³-hybridized carbons (Fsp3) is 0.533. The molecule has 0 spiro atoms. The molecule has 106 valence electrons. The van der Waals surface area contributed by atoms with Gasteiger partial charge in [0.15, 0.2) is 5.96 Å². The lowest BCUT2D eigenvalue weighted by Gasteiger charge is -2.22. The molecule has 0 amide bonds. The van der Waals surface area contributed by atoms with Crippen LogP contribution in [0, 0.1) is 6.92 Å². The zero-order valence-electron chi connectivity index (χ0n) is 12.7. The minimum absolute atomic E-state index is 0.695. The van der Waals surface area contributed by atoms with Gasteiger partial charge < -0.3 is 14.5 Å². The van der Waals surface area contributed by atoms with E-state index in [1.807, 2.05) is 50.1 Å². The van der Waals surface area contributed by atoms with Crippen LogP contribution in [0.1, 0.15) is 12.0 Å². The summed E-state index contributed by atoms with van der Waals surface area (Å²) < 4.78 is 5.67. The van der Waals surface area contributed by atoms with Gasteiger partial charge in [0.2, 0.25) is 0 Å². The Balaban J connectivity index is 2.30. The second-order valence-electron chi connectivity index (χ2n) is 4.99. The normalized spacial score (nSPS) is 9.95. The highest BCUT2D eigenvalue weighted by atomic mass is 16.5. The third kappa shape index (κ3) is 5.64. The molecule has 0 aromatic heterocycles.